The number of furan rings is 1. The lowest BCUT2D eigenvalue weighted by atomic mass is 10.1. The molecule has 0 saturated heterocycles. The van der Waals surface area contributed by atoms with Crippen molar-refractivity contribution in [2.24, 2.45) is 5.73 Å². The minimum atomic E-state index is -0.767. The zero-order valence-electron chi connectivity index (χ0n) is 15.4. The van der Waals surface area contributed by atoms with E-state index in [-0.39, 0.29) is 21.9 Å². The summed E-state index contributed by atoms with van der Waals surface area (Å²) >= 11 is 0.944. The number of benzene rings is 3. The number of thioether (sulfide) groups is 1. The summed E-state index contributed by atoms with van der Waals surface area (Å²) in [5, 5.41) is 13.0. The summed E-state index contributed by atoms with van der Waals surface area (Å²) in [5.41, 5.74) is 6.30. The number of carbonyl (C=O) groups excluding carboxylic acids is 2. The van der Waals surface area contributed by atoms with Gasteiger partial charge in [-0.25, -0.2) is 0 Å². The van der Waals surface area contributed by atoms with Crippen molar-refractivity contribution in [2.45, 2.75) is 4.90 Å². The second-order valence-corrected chi connectivity index (χ2v) is 7.34. The third-order valence-electron chi connectivity index (χ3n) is 4.37. The zero-order valence-corrected chi connectivity index (χ0v) is 16.2. The van der Waals surface area contributed by atoms with Gasteiger partial charge in [-0.3, -0.25) is 19.7 Å². The first-order chi connectivity index (χ1) is 14.4. The molecule has 4 aromatic rings. The van der Waals surface area contributed by atoms with E-state index in [1.807, 2.05) is 24.3 Å². The highest BCUT2D eigenvalue weighted by atomic mass is 32.2. The van der Waals surface area contributed by atoms with Gasteiger partial charge >= 0.3 is 5.97 Å². The Hall–Kier alpha value is -3.85. The number of carbonyl (C=O) groups is 2. The molecule has 0 unspecified atom stereocenters. The highest BCUT2D eigenvalue weighted by molar-refractivity contribution is 8.00. The number of nitro benzene ring substituents is 1. The number of nitrogens with zero attached hydrogens (tertiary/aromatic N) is 1. The third kappa shape index (κ3) is 3.83. The van der Waals surface area contributed by atoms with Gasteiger partial charge in [0.05, 0.1) is 15.6 Å². The molecule has 0 aliphatic rings. The maximum Gasteiger partial charge on any atom is 0.321 e. The quantitative estimate of drug-likeness (QED) is 0.161. The molecule has 1 heterocycles. The maximum absolute atomic E-state index is 12.3. The van der Waals surface area contributed by atoms with Crippen LogP contribution >= 0.6 is 11.8 Å². The van der Waals surface area contributed by atoms with Crippen molar-refractivity contribution < 1.29 is 23.7 Å². The predicted molar refractivity (Wildman–Crippen MR) is 112 cm³/mol. The Labute approximate surface area is 173 Å². The standard InChI is InChI=1S/C21H14N2O6S/c22-21(25)12-5-8-19(16(9-12)23(26)27)30-11-20(24)28-13-6-7-18-15(10-13)14-3-1-2-4-17(14)29-18/h1-10H,11H2,(H2,22,25). The van der Waals surface area contributed by atoms with Crippen LogP contribution in [0.4, 0.5) is 5.69 Å². The number of hydrogen-bond acceptors (Lipinski definition) is 7. The molecule has 0 aliphatic carbocycles. The fraction of sp³-hybridized carbons (Fsp3) is 0.0476. The molecule has 150 valence electrons. The molecule has 0 bridgehead atoms. The van der Waals surface area contributed by atoms with E-state index in [1.165, 1.54) is 12.1 Å². The smallest absolute Gasteiger partial charge is 0.321 e. The van der Waals surface area contributed by atoms with E-state index in [0.717, 1.165) is 34.2 Å². The first-order valence-corrected chi connectivity index (χ1v) is 9.74. The normalized spacial score (nSPS) is 10.9. The first-order valence-electron chi connectivity index (χ1n) is 8.75. The van der Waals surface area contributed by atoms with E-state index >= 15 is 0 Å². The van der Waals surface area contributed by atoms with Gasteiger partial charge in [-0.15, -0.1) is 11.8 Å². The Morgan fingerprint density at radius 1 is 1.03 bits per heavy atom. The lowest BCUT2D eigenvalue weighted by Crippen LogP contribution is -2.12. The molecule has 0 atom stereocenters. The molecule has 1 aromatic heterocycles. The van der Waals surface area contributed by atoms with Gasteiger partial charge in [-0.1, -0.05) is 18.2 Å². The topological polar surface area (TPSA) is 126 Å². The molecular weight excluding hydrogens is 408 g/mol. The van der Waals surface area contributed by atoms with Crippen molar-refractivity contribution >= 4 is 51.3 Å². The van der Waals surface area contributed by atoms with E-state index < -0.39 is 16.8 Å². The van der Waals surface area contributed by atoms with Gasteiger partial charge in [0, 0.05) is 22.4 Å². The average molecular weight is 422 g/mol. The van der Waals surface area contributed by atoms with E-state index in [9.17, 15) is 19.7 Å². The zero-order chi connectivity index (χ0) is 21.3. The van der Waals surface area contributed by atoms with Crippen molar-refractivity contribution in [3.05, 3.63) is 76.3 Å². The van der Waals surface area contributed by atoms with E-state index in [4.69, 9.17) is 14.9 Å². The number of amides is 1. The Morgan fingerprint density at radius 3 is 2.57 bits per heavy atom. The van der Waals surface area contributed by atoms with Gasteiger partial charge in [-0.05, 0) is 36.4 Å². The Bertz CT molecular complexity index is 1310. The van der Waals surface area contributed by atoms with Crippen LogP contribution in [0.25, 0.3) is 21.9 Å². The van der Waals surface area contributed by atoms with Crippen molar-refractivity contribution in [1.82, 2.24) is 0 Å². The van der Waals surface area contributed by atoms with Crippen LogP contribution in [0.2, 0.25) is 0 Å². The molecule has 4 rings (SSSR count). The lowest BCUT2D eigenvalue weighted by Gasteiger charge is -2.06. The number of ether oxygens (including phenoxy) is 1. The molecule has 0 aliphatic heterocycles. The number of nitro groups is 1. The summed E-state index contributed by atoms with van der Waals surface area (Å²) in [4.78, 5) is 34.4. The molecule has 1 amide bonds. The maximum atomic E-state index is 12.3. The van der Waals surface area contributed by atoms with Crippen molar-refractivity contribution in [1.29, 1.82) is 0 Å². The first kappa shape index (κ1) is 19.5. The fourth-order valence-electron chi connectivity index (χ4n) is 3.00. The van der Waals surface area contributed by atoms with Crippen molar-refractivity contribution in [2.75, 3.05) is 5.75 Å². The molecule has 8 nitrogen and oxygen atoms in total. The summed E-state index contributed by atoms with van der Waals surface area (Å²) in [6.45, 7) is 0. The largest absolute Gasteiger partial charge is 0.456 e. The molecule has 0 saturated carbocycles. The van der Waals surface area contributed by atoms with E-state index in [1.54, 1.807) is 18.2 Å². The Balaban J connectivity index is 1.49. The third-order valence-corrected chi connectivity index (χ3v) is 5.40. The van der Waals surface area contributed by atoms with Crippen molar-refractivity contribution in [3.63, 3.8) is 0 Å². The number of fused-ring (bicyclic) bond motifs is 3. The second kappa shape index (κ2) is 7.88. The predicted octanol–water partition coefficient (Wildman–Crippen LogP) is 4.29. The van der Waals surface area contributed by atoms with Crippen LogP contribution in [0.1, 0.15) is 10.4 Å². The molecular formula is C21H14N2O6S. The Kier molecular flexibility index (Phi) is 5.11. The second-order valence-electron chi connectivity index (χ2n) is 6.32. The van der Waals surface area contributed by atoms with Crippen LogP contribution in [0.15, 0.2) is 70.0 Å². The lowest BCUT2D eigenvalue weighted by molar-refractivity contribution is -0.387. The van der Waals surface area contributed by atoms with Crippen LogP contribution in [-0.2, 0) is 4.79 Å². The SMILES string of the molecule is NC(=O)c1ccc(SCC(=O)Oc2ccc3oc4ccccc4c3c2)c([N+](=O)[O-])c1. The van der Waals surface area contributed by atoms with Crippen molar-refractivity contribution in [3.8, 4) is 5.75 Å². The number of rotatable bonds is 6. The van der Waals surface area contributed by atoms with E-state index in [0.29, 0.717) is 11.3 Å². The number of para-hydroxylation sites is 1. The monoisotopic (exact) mass is 422 g/mol. The fourth-order valence-corrected chi connectivity index (χ4v) is 3.78. The summed E-state index contributed by atoms with van der Waals surface area (Å²) in [6.07, 6.45) is 0. The summed E-state index contributed by atoms with van der Waals surface area (Å²) < 4.78 is 11.1. The Morgan fingerprint density at radius 2 is 1.80 bits per heavy atom. The number of esters is 1. The van der Waals surface area contributed by atoms with Gasteiger partial charge in [0.25, 0.3) is 5.69 Å². The van der Waals surface area contributed by atoms with E-state index in [2.05, 4.69) is 0 Å². The average Bonchev–Trinajstić information content (AvgIpc) is 3.10. The molecule has 30 heavy (non-hydrogen) atoms. The molecule has 0 spiro atoms. The minimum absolute atomic E-state index is 0.0225. The number of hydrogen-bond donors (Lipinski definition) is 1. The summed E-state index contributed by atoms with van der Waals surface area (Å²) in [7, 11) is 0. The van der Waals surface area contributed by atoms with Crippen LogP contribution < -0.4 is 10.5 Å². The minimum Gasteiger partial charge on any atom is -0.456 e. The highest BCUT2D eigenvalue weighted by Gasteiger charge is 2.19. The number of nitrogens with two attached hydrogens (primary N) is 1. The van der Waals surface area contributed by atoms with Gasteiger partial charge in [0.2, 0.25) is 5.91 Å². The summed E-state index contributed by atoms with van der Waals surface area (Å²) in [5.74, 6) is -1.14. The van der Waals surface area contributed by atoms with Gasteiger partial charge in [0.15, 0.2) is 0 Å². The molecule has 9 heteroatoms. The van der Waals surface area contributed by atoms with Crippen LogP contribution in [0, 0.1) is 10.1 Å². The summed E-state index contributed by atoms with van der Waals surface area (Å²) in [6, 6.07) is 16.4. The van der Waals surface area contributed by atoms with Crippen LogP contribution in [0.3, 0.4) is 0 Å². The molecule has 2 N–H and O–H groups in total. The molecule has 0 radical (unpaired) electrons. The molecule has 3 aromatic carbocycles. The van der Waals surface area contributed by atoms with Gasteiger partial charge < -0.3 is 14.9 Å². The van der Waals surface area contributed by atoms with Crippen LogP contribution in [-0.4, -0.2) is 22.6 Å². The van der Waals surface area contributed by atoms with Gasteiger partial charge in [0.1, 0.15) is 16.9 Å². The highest BCUT2D eigenvalue weighted by Crippen LogP contribution is 2.32. The number of primary amides is 1. The van der Waals surface area contributed by atoms with Crippen LogP contribution in [0.5, 0.6) is 5.75 Å². The van der Waals surface area contributed by atoms with Gasteiger partial charge in [-0.2, -0.15) is 0 Å². The molecule has 0 fully saturated rings.